The summed E-state index contributed by atoms with van der Waals surface area (Å²) >= 11 is 0. The number of fused-ring (bicyclic) bond motifs is 1. The first kappa shape index (κ1) is 9.39. The highest BCUT2D eigenvalue weighted by molar-refractivity contribution is 5.97. The van der Waals surface area contributed by atoms with Gasteiger partial charge < -0.3 is 9.88 Å². The summed E-state index contributed by atoms with van der Waals surface area (Å²) in [6.07, 6.45) is 3.97. The first-order valence-corrected chi connectivity index (χ1v) is 5.46. The highest BCUT2D eigenvalue weighted by Gasteiger charge is 2.23. The molecule has 1 aliphatic carbocycles. The smallest absolute Gasteiger partial charge is 0.251 e. The average Bonchev–Trinajstić information content (AvgIpc) is 3.02. The summed E-state index contributed by atoms with van der Waals surface area (Å²) in [7, 11) is 1.94. The number of aryl methyl sites for hydroxylation is 1. The van der Waals surface area contributed by atoms with E-state index >= 15 is 0 Å². The SMILES string of the molecule is Cn1cnc2cc(C(=O)NC3CC3)ccc21. The molecule has 0 aliphatic heterocycles. The van der Waals surface area contributed by atoms with E-state index in [0.717, 1.165) is 23.9 Å². The van der Waals surface area contributed by atoms with Gasteiger partial charge in [-0.3, -0.25) is 4.79 Å². The number of nitrogens with one attached hydrogen (secondary N) is 1. The number of carbonyl (C=O) groups is 1. The standard InChI is InChI=1S/C12H13N3O/c1-15-7-13-10-6-8(2-5-11(10)15)12(16)14-9-3-4-9/h2,5-7,9H,3-4H2,1H3,(H,14,16). The number of carbonyl (C=O) groups excluding carboxylic acids is 1. The van der Waals surface area contributed by atoms with Gasteiger partial charge in [0.1, 0.15) is 0 Å². The fourth-order valence-electron chi connectivity index (χ4n) is 1.77. The van der Waals surface area contributed by atoms with Crippen molar-refractivity contribution in [1.82, 2.24) is 14.9 Å². The van der Waals surface area contributed by atoms with Crippen LogP contribution in [0.1, 0.15) is 23.2 Å². The summed E-state index contributed by atoms with van der Waals surface area (Å²) in [5.74, 6) is 0.00931. The van der Waals surface area contributed by atoms with Crippen LogP contribution in [0.5, 0.6) is 0 Å². The number of imidazole rings is 1. The number of aromatic nitrogens is 2. The van der Waals surface area contributed by atoms with Gasteiger partial charge in [-0.05, 0) is 31.0 Å². The molecule has 1 aliphatic rings. The number of hydrogen-bond acceptors (Lipinski definition) is 2. The van der Waals surface area contributed by atoms with Gasteiger partial charge in [-0.25, -0.2) is 4.98 Å². The van der Waals surface area contributed by atoms with Crippen molar-refractivity contribution in [2.45, 2.75) is 18.9 Å². The average molecular weight is 215 g/mol. The van der Waals surface area contributed by atoms with Crippen LogP contribution in [0, 0.1) is 0 Å². The van der Waals surface area contributed by atoms with E-state index in [9.17, 15) is 4.79 Å². The van der Waals surface area contributed by atoms with Gasteiger partial charge in [0.05, 0.1) is 17.4 Å². The number of hydrogen-bond donors (Lipinski definition) is 1. The molecule has 1 N–H and O–H groups in total. The van der Waals surface area contributed by atoms with E-state index in [1.165, 1.54) is 0 Å². The second-order valence-corrected chi connectivity index (χ2v) is 4.31. The maximum Gasteiger partial charge on any atom is 0.251 e. The highest BCUT2D eigenvalue weighted by Crippen LogP contribution is 2.20. The molecule has 1 fully saturated rings. The zero-order chi connectivity index (χ0) is 11.1. The predicted octanol–water partition coefficient (Wildman–Crippen LogP) is 1.47. The topological polar surface area (TPSA) is 46.9 Å². The van der Waals surface area contributed by atoms with Crippen molar-refractivity contribution in [2.75, 3.05) is 0 Å². The molecule has 16 heavy (non-hydrogen) atoms. The monoisotopic (exact) mass is 215 g/mol. The second-order valence-electron chi connectivity index (χ2n) is 4.31. The summed E-state index contributed by atoms with van der Waals surface area (Å²) in [5.41, 5.74) is 2.60. The van der Waals surface area contributed by atoms with Crippen LogP contribution in [-0.2, 0) is 7.05 Å². The molecule has 0 unspecified atom stereocenters. The van der Waals surface area contributed by atoms with Crippen molar-refractivity contribution in [3.63, 3.8) is 0 Å². The first-order valence-electron chi connectivity index (χ1n) is 5.46. The third kappa shape index (κ3) is 1.56. The van der Waals surface area contributed by atoms with Crippen molar-refractivity contribution in [1.29, 1.82) is 0 Å². The van der Waals surface area contributed by atoms with E-state index in [2.05, 4.69) is 10.3 Å². The van der Waals surface area contributed by atoms with E-state index in [4.69, 9.17) is 0 Å². The number of rotatable bonds is 2. The zero-order valence-corrected chi connectivity index (χ0v) is 9.10. The molecule has 1 amide bonds. The summed E-state index contributed by atoms with van der Waals surface area (Å²) < 4.78 is 1.94. The van der Waals surface area contributed by atoms with Gasteiger partial charge in [0.2, 0.25) is 0 Å². The van der Waals surface area contributed by atoms with E-state index < -0.39 is 0 Å². The Morgan fingerprint density at radius 2 is 2.31 bits per heavy atom. The molecule has 0 bridgehead atoms. The lowest BCUT2D eigenvalue weighted by atomic mass is 10.2. The number of benzene rings is 1. The Kier molecular flexibility index (Phi) is 1.96. The molecule has 0 saturated heterocycles. The van der Waals surface area contributed by atoms with Crippen LogP contribution < -0.4 is 5.32 Å². The summed E-state index contributed by atoms with van der Waals surface area (Å²) in [4.78, 5) is 16.0. The summed E-state index contributed by atoms with van der Waals surface area (Å²) in [6, 6.07) is 6.02. The Labute approximate surface area is 93.3 Å². The Morgan fingerprint density at radius 1 is 1.50 bits per heavy atom. The zero-order valence-electron chi connectivity index (χ0n) is 9.10. The predicted molar refractivity (Wildman–Crippen MR) is 61.2 cm³/mol. The minimum atomic E-state index is 0.00931. The third-order valence-electron chi connectivity index (χ3n) is 2.90. The normalized spacial score (nSPS) is 15.3. The first-order chi connectivity index (χ1) is 7.74. The number of nitrogens with zero attached hydrogens (tertiary/aromatic N) is 2. The summed E-state index contributed by atoms with van der Waals surface area (Å²) in [6.45, 7) is 0. The maximum atomic E-state index is 11.8. The van der Waals surface area contributed by atoms with Crippen molar-refractivity contribution < 1.29 is 4.79 Å². The van der Waals surface area contributed by atoms with Crippen LogP contribution in [0.4, 0.5) is 0 Å². The molecule has 1 aromatic heterocycles. The van der Waals surface area contributed by atoms with Crippen molar-refractivity contribution in [3.8, 4) is 0 Å². The van der Waals surface area contributed by atoms with Gasteiger partial charge in [0.15, 0.2) is 0 Å². The Bertz CT molecular complexity index is 554. The lowest BCUT2D eigenvalue weighted by molar-refractivity contribution is 0.0951. The van der Waals surface area contributed by atoms with Crippen LogP contribution >= 0.6 is 0 Å². The van der Waals surface area contributed by atoms with Gasteiger partial charge in [0.25, 0.3) is 5.91 Å². The van der Waals surface area contributed by atoms with Crippen LogP contribution in [0.2, 0.25) is 0 Å². The van der Waals surface area contributed by atoms with Crippen LogP contribution in [0.15, 0.2) is 24.5 Å². The largest absolute Gasteiger partial charge is 0.349 e. The molecule has 3 rings (SSSR count). The molecule has 2 aromatic rings. The van der Waals surface area contributed by atoms with Crippen LogP contribution in [0.3, 0.4) is 0 Å². The molecule has 82 valence electrons. The van der Waals surface area contributed by atoms with E-state index in [1.807, 2.05) is 29.8 Å². The molecule has 0 atom stereocenters. The number of amides is 1. The van der Waals surface area contributed by atoms with Gasteiger partial charge >= 0.3 is 0 Å². The fraction of sp³-hybridized carbons (Fsp3) is 0.333. The molecular weight excluding hydrogens is 202 g/mol. The van der Waals surface area contributed by atoms with Gasteiger partial charge in [0, 0.05) is 18.7 Å². The molecule has 4 nitrogen and oxygen atoms in total. The van der Waals surface area contributed by atoms with Gasteiger partial charge in [-0.15, -0.1) is 0 Å². The van der Waals surface area contributed by atoms with E-state index in [0.29, 0.717) is 11.6 Å². The Balaban J connectivity index is 1.94. The van der Waals surface area contributed by atoms with Crippen molar-refractivity contribution in [3.05, 3.63) is 30.1 Å². The Hall–Kier alpha value is -1.84. The molecule has 0 spiro atoms. The van der Waals surface area contributed by atoms with Gasteiger partial charge in [-0.1, -0.05) is 0 Å². The molecule has 1 aromatic carbocycles. The van der Waals surface area contributed by atoms with E-state index in [1.54, 1.807) is 6.33 Å². The molecular formula is C12H13N3O. The van der Waals surface area contributed by atoms with E-state index in [-0.39, 0.29) is 5.91 Å². The lowest BCUT2D eigenvalue weighted by Gasteiger charge is -2.03. The fourth-order valence-corrected chi connectivity index (χ4v) is 1.77. The quantitative estimate of drug-likeness (QED) is 0.824. The third-order valence-corrected chi connectivity index (χ3v) is 2.90. The lowest BCUT2D eigenvalue weighted by Crippen LogP contribution is -2.25. The van der Waals surface area contributed by atoms with Crippen LogP contribution in [-0.4, -0.2) is 21.5 Å². The molecule has 1 heterocycles. The minimum Gasteiger partial charge on any atom is -0.349 e. The molecule has 1 saturated carbocycles. The molecule has 0 radical (unpaired) electrons. The van der Waals surface area contributed by atoms with Gasteiger partial charge in [-0.2, -0.15) is 0 Å². The van der Waals surface area contributed by atoms with Crippen molar-refractivity contribution >= 4 is 16.9 Å². The maximum absolute atomic E-state index is 11.8. The Morgan fingerprint density at radius 3 is 3.06 bits per heavy atom. The van der Waals surface area contributed by atoms with Crippen molar-refractivity contribution in [2.24, 2.45) is 7.05 Å². The van der Waals surface area contributed by atoms with Crippen LogP contribution in [0.25, 0.3) is 11.0 Å². The molecule has 4 heteroatoms. The highest BCUT2D eigenvalue weighted by atomic mass is 16.1. The second kappa shape index (κ2) is 3.33. The minimum absolute atomic E-state index is 0.00931. The summed E-state index contributed by atoms with van der Waals surface area (Å²) in [5, 5.41) is 2.97.